The molecular weight excluding hydrogens is 294 g/mol. The molecule has 1 aromatic carbocycles. The monoisotopic (exact) mass is 309 g/mol. The Morgan fingerprint density at radius 3 is 2.76 bits per heavy atom. The van der Waals surface area contributed by atoms with Gasteiger partial charge in [0.25, 0.3) is 0 Å². The molecule has 0 spiro atoms. The molecule has 7 heteroatoms. The average Bonchev–Trinajstić information content (AvgIpc) is 2.85. The molecule has 0 radical (unpaired) electrons. The van der Waals surface area contributed by atoms with Gasteiger partial charge in [0.15, 0.2) is 11.8 Å². The Hall–Kier alpha value is -2.02. The van der Waals surface area contributed by atoms with Gasteiger partial charge in [-0.25, -0.2) is 9.59 Å². The predicted octanol–water partition coefficient (Wildman–Crippen LogP) is 1.79. The zero-order valence-corrected chi connectivity index (χ0v) is 12.3. The van der Waals surface area contributed by atoms with Gasteiger partial charge >= 0.3 is 12.1 Å². The molecule has 0 unspecified atom stereocenters. The second-order valence-electron chi connectivity index (χ2n) is 4.42. The molecule has 1 aromatic rings. The number of nitrogens with zero attached hydrogens (tertiary/aromatic N) is 1. The van der Waals surface area contributed by atoms with Gasteiger partial charge in [-0.2, -0.15) is 0 Å². The van der Waals surface area contributed by atoms with E-state index in [4.69, 9.17) is 9.47 Å². The van der Waals surface area contributed by atoms with Crippen LogP contribution in [0.25, 0.3) is 0 Å². The largest absolute Gasteiger partial charge is 0.444 e. The molecule has 1 aliphatic rings. The lowest BCUT2D eigenvalue weighted by molar-refractivity contribution is -0.138. The summed E-state index contributed by atoms with van der Waals surface area (Å²) in [4.78, 5) is 35.7. The first kappa shape index (κ1) is 15.4. The summed E-state index contributed by atoms with van der Waals surface area (Å²) in [6.07, 6.45) is -0.626. The highest BCUT2D eigenvalue weighted by Crippen LogP contribution is 2.18. The van der Waals surface area contributed by atoms with E-state index >= 15 is 0 Å². The summed E-state index contributed by atoms with van der Waals surface area (Å²) in [7, 11) is 0. The Bertz CT molecular complexity index is 533. The highest BCUT2D eigenvalue weighted by molar-refractivity contribution is 8.13. The number of ether oxygens (including phenoxy) is 2. The normalized spacial score (nSPS) is 17.5. The third kappa shape index (κ3) is 4.22. The van der Waals surface area contributed by atoms with Crippen LogP contribution in [-0.4, -0.2) is 40.6 Å². The van der Waals surface area contributed by atoms with E-state index in [1.54, 1.807) is 0 Å². The fourth-order valence-corrected chi connectivity index (χ4v) is 2.49. The number of hydrogen-bond acceptors (Lipinski definition) is 6. The minimum absolute atomic E-state index is 0.118. The number of thioether (sulfide) groups is 1. The topological polar surface area (TPSA) is 72.9 Å². The van der Waals surface area contributed by atoms with Crippen LogP contribution in [-0.2, 0) is 25.7 Å². The maximum Gasteiger partial charge on any atom is 0.413 e. The number of carbonyl (C=O) groups is 3. The van der Waals surface area contributed by atoms with Gasteiger partial charge in [-0.3, -0.25) is 9.69 Å². The molecule has 2 rings (SSSR count). The number of cyclic esters (lactones) is 1. The molecule has 1 amide bonds. The molecule has 0 bridgehead atoms. The van der Waals surface area contributed by atoms with Gasteiger partial charge in [0.2, 0.25) is 0 Å². The molecule has 1 aliphatic heterocycles. The maximum atomic E-state index is 12.0. The summed E-state index contributed by atoms with van der Waals surface area (Å²) in [5.74, 6) is -0.338. The third-order valence-electron chi connectivity index (χ3n) is 2.88. The summed E-state index contributed by atoms with van der Waals surface area (Å²) in [6.45, 7) is 1.38. The van der Waals surface area contributed by atoms with Crippen molar-refractivity contribution in [3.63, 3.8) is 0 Å². The van der Waals surface area contributed by atoms with Crippen LogP contribution in [0.3, 0.4) is 0 Å². The third-order valence-corrected chi connectivity index (χ3v) is 3.77. The first-order chi connectivity index (χ1) is 10.1. The van der Waals surface area contributed by atoms with Crippen molar-refractivity contribution in [3.8, 4) is 0 Å². The quantitative estimate of drug-likeness (QED) is 0.790. The highest BCUT2D eigenvalue weighted by atomic mass is 32.2. The molecule has 1 atom stereocenters. The van der Waals surface area contributed by atoms with E-state index in [0.717, 1.165) is 17.3 Å². The van der Waals surface area contributed by atoms with Crippen LogP contribution in [0.1, 0.15) is 12.5 Å². The van der Waals surface area contributed by atoms with Crippen molar-refractivity contribution in [1.29, 1.82) is 0 Å². The summed E-state index contributed by atoms with van der Waals surface area (Å²) >= 11 is 0.979. The lowest BCUT2D eigenvalue weighted by Gasteiger charge is -2.19. The molecule has 6 nitrogen and oxygen atoms in total. The van der Waals surface area contributed by atoms with E-state index in [9.17, 15) is 14.4 Å². The maximum absolute atomic E-state index is 12.0. The van der Waals surface area contributed by atoms with Gasteiger partial charge in [0, 0.05) is 12.7 Å². The Balaban J connectivity index is 1.91. The zero-order valence-electron chi connectivity index (χ0n) is 11.5. The Labute approximate surface area is 126 Å². The van der Waals surface area contributed by atoms with Crippen LogP contribution in [0.5, 0.6) is 0 Å². The first-order valence-electron chi connectivity index (χ1n) is 6.35. The van der Waals surface area contributed by atoms with Crippen molar-refractivity contribution in [2.75, 3.05) is 12.5 Å². The fraction of sp³-hybridized carbons (Fsp3) is 0.357. The molecule has 0 aromatic heterocycles. The van der Waals surface area contributed by atoms with Gasteiger partial charge < -0.3 is 9.47 Å². The van der Waals surface area contributed by atoms with E-state index in [1.165, 1.54) is 11.8 Å². The van der Waals surface area contributed by atoms with E-state index in [1.807, 2.05) is 30.3 Å². The van der Waals surface area contributed by atoms with Crippen LogP contribution in [0.2, 0.25) is 0 Å². The Morgan fingerprint density at radius 1 is 1.38 bits per heavy atom. The zero-order chi connectivity index (χ0) is 15.2. The number of carbonyl (C=O) groups excluding carboxylic acids is 3. The SMILES string of the molecule is CC(=O)SC[C@H]1C(=O)OCN1C(=O)OCc1ccccc1. The molecule has 1 fully saturated rings. The summed E-state index contributed by atoms with van der Waals surface area (Å²) in [5.41, 5.74) is 0.854. The minimum Gasteiger partial charge on any atom is -0.444 e. The lowest BCUT2D eigenvalue weighted by Crippen LogP contribution is -2.40. The summed E-state index contributed by atoms with van der Waals surface area (Å²) < 4.78 is 10.0. The van der Waals surface area contributed by atoms with Crippen LogP contribution in [0, 0.1) is 0 Å². The number of hydrogen-bond donors (Lipinski definition) is 0. The lowest BCUT2D eigenvalue weighted by atomic mass is 10.2. The number of esters is 1. The molecule has 0 aliphatic carbocycles. The summed E-state index contributed by atoms with van der Waals surface area (Å²) in [5, 5.41) is -0.118. The van der Waals surface area contributed by atoms with Crippen molar-refractivity contribution >= 4 is 28.9 Å². The average molecular weight is 309 g/mol. The highest BCUT2D eigenvalue weighted by Gasteiger charge is 2.38. The smallest absolute Gasteiger partial charge is 0.413 e. The Kier molecular flexibility index (Phi) is 5.21. The van der Waals surface area contributed by atoms with Crippen LogP contribution >= 0.6 is 11.8 Å². The van der Waals surface area contributed by atoms with Crippen molar-refractivity contribution in [1.82, 2.24) is 4.90 Å². The second-order valence-corrected chi connectivity index (χ2v) is 5.62. The molecule has 21 heavy (non-hydrogen) atoms. The van der Waals surface area contributed by atoms with Crippen molar-refractivity contribution in [2.45, 2.75) is 19.6 Å². The first-order valence-corrected chi connectivity index (χ1v) is 7.34. The molecular formula is C14H15NO5S. The van der Waals surface area contributed by atoms with E-state index < -0.39 is 18.1 Å². The van der Waals surface area contributed by atoms with Crippen molar-refractivity contribution in [3.05, 3.63) is 35.9 Å². The molecule has 1 saturated heterocycles. The standard InChI is InChI=1S/C14H15NO5S/c1-10(16)21-8-12-13(17)20-9-15(12)14(18)19-7-11-5-3-2-4-6-11/h2-6,12H,7-9H2,1H3/t12-/m0/s1. The number of rotatable bonds is 4. The number of amides is 1. The van der Waals surface area contributed by atoms with E-state index in [-0.39, 0.29) is 24.2 Å². The number of benzene rings is 1. The minimum atomic E-state index is -0.776. The molecule has 0 saturated carbocycles. The summed E-state index contributed by atoms with van der Waals surface area (Å²) in [6, 6.07) is 8.45. The van der Waals surface area contributed by atoms with Crippen LogP contribution in [0.4, 0.5) is 4.79 Å². The second kappa shape index (κ2) is 7.12. The van der Waals surface area contributed by atoms with Gasteiger partial charge in [-0.05, 0) is 5.56 Å². The van der Waals surface area contributed by atoms with E-state index in [0.29, 0.717) is 0 Å². The molecule has 0 N–H and O–H groups in total. The van der Waals surface area contributed by atoms with Gasteiger partial charge in [0.1, 0.15) is 12.6 Å². The van der Waals surface area contributed by atoms with Crippen LogP contribution in [0.15, 0.2) is 30.3 Å². The predicted molar refractivity (Wildman–Crippen MR) is 76.4 cm³/mol. The van der Waals surface area contributed by atoms with Gasteiger partial charge in [-0.1, -0.05) is 42.1 Å². The molecule has 1 heterocycles. The van der Waals surface area contributed by atoms with Gasteiger partial charge in [0.05, 0.1) is 0 Å². The fourth-order valence-electron chi connectivity index (χ4n) is 1.78. The molecule has 112 valence electrons. The van der Waals surface area contributed by atoms with Crippen LogP contribution < -0.4 is 0 Å². The Morgan fingerprint density at radius 2 is 2.10 bits per heavy atom. The van der Waals surface area contributed by atoms with Crippen molar-refractivity contribution < 1.29 is 23.9 Å². The van der Waals surface area contributed by atoms with Gasteiger partial charge in [-0.15, -0.1) is 0 Å². The van der Waals surface area contributed by atoms with E-state index in [2.05, 4.69) is 0 Å². The van der Waals surface area contributed by atoms with Crippen molar-refractivity contribution in [2.24, 2.45) is 0 Å².